The fourth-order valence-electron chi connectivity index (χ4n) is 2.41. The van der Waals surface area contributed by atoms with Gasteiger partial charge in [-0.3, -0.25) is 9.69 Å². The lowest BCUT2D eigenvalue weighted by Crippen LogP contribution is -2.20. The van der Waals surface area contributed by atoms with E-state index in [1.165, 1.54) is 47.7 Å². The van der Waals surface area contributed by atoms with E-state index in [9.17, 15) is 13.6 Å². The number of aromatic nitrogens is 2. The number of nitrogens with zero attached hydrogens (tertiary/aromatic N) is 3. The van der Waals surface area contributed by atoms with Crippen LogP contribution in [0.1, 0.15) is 20.4 Å². The van der Waals surface area contributed by atoms with E-state index < -0.39 is 0 Å². The molecule has 0 radical (unpaired) electrons. The van der Waals surface area contributed by atoms with Crippen LogP contribution >= 0.6 is 11.3 Å². The van der Waals surface area contributed by atoms with Gasteiger partial charge in [-0.2, -0.15) is 0 Å². The van der Waals surface area contributed by atoms with E-state index in [1.807, 2.05) is 7.05 Å². The van der Waals surface area contributed by atoms with Crippen molar-refractivity contribution in [2.45, 2.75) is 13.0 Å². The molecule has 0 bridgehead atoms. The summed E-state index contributed by atoms with van der Waals surface area (Å²) in [7, 11) is 1.95. The summed E-state index contributed by atoms with van der Waals surface area (Å²) in [5, 5.41) is 11.6. The number of halogens is 2. The van der Waals surface area contributed by atoms with E-state index in [-0.39, 0.29) is 22.5 Å². The Morgan fingerprint density at radius 3 is 2.33 bits per heavy atom. The predicted octanol–water partition coefficient (Wildman–Crippen LogP) is 3.74. The molecule has 0 atom stereocenters. The van der Waals surface area contributed by atoms with Crippen LogP contribution in [0.4, 0.5) is 14.5 Å². The summed E-state index contributed by atoms with van der Waals surface area (Å²) in [4.78, 5) is 14.3. The first-order chi connectivity index (χ1) is 13.0. The maximum absolute atomic E-state index is 12.9. The molecule has 27 heavy (non-hydrogen) atoms. The van der Waals surface area contributed by atoms with Gasteiger partial charge in [0.25, 0.3) is 5.91 Å². The second-order valence-electron chi connectivity index (χ2n) is 6.08. The number of likely N-dealkylation sites (N-methyl/N-ethyl adjacent to an activating group) is 1. The van der Waals surface area contributed by atoms with E-state index in [4.69, 9.17) is 0 Å². The van der Waals surface area contributed by atoms with E-state index >= 15 is 0 Å². The molecule has 1 heterocycles. The van der Waals surface area contributed by atoms with Crippen molar-refractivity contribution in [3.05, 3.63) is 75.7 Å². The van der Waals surface area contributed by atoms with Gasteiger partial charge in [0.1, 0.15) is 16.6 Å². The molecule has 1 aromatic heterocycles. The summed E-state index contributed by atoms with van der Waals surface area (Å²) in [6, 6.07) is 12.0. The first-order valence-corrected chi connectivity index (χ1v) is 9.13. The number of carbonyl (C=O) groups excluding carboxylic acids is 1. The van der Waals surface area contributed by atoms with Crippen LogP contribution in [0.5, 0.6) is 0 Å². The van der Waals surface area contributed by atoms with Crippen LogP contribution in [0.3, 0.4) is 0 Å². The van der Waals surface area contributed by atoms with E-state index in [0.717, 1.165) is 23.5 Å². The Balaban J connectivity index is 1.51. The number of anilines is 1. The Hall–Kier alpha value is -2.71. The van der Waals surface area contributed by atoms with Gasteiger partial charge in [-0.05, 0) is 55.4 Å². The zero-order valence-electron chi connectivity index (χ0n) is 14.7. The average molecular weight is 388 g/mol. The number of carbonyl (C=O) groups is 1. The minimum atomic E-state index is -0.376. The van der Waals surface area contributed by atoms with Crippen molar-refractivity contribution >= 4 is 22.9 Å². The third-order valence-corrected chi connectivity index (χ3v) is 4.77. The number of nitrogens with one attached hydrogen (secondary N) is 1. The fraction of sp³-hybridized carbons (Fsp3) is 0.211. The molecule has 0 spiro atoms. The molecule has 5 nitrogen and oxygen atoms in total. The zero-order valence-corrected chi connectivity index (χ0v) is 15.5. The first kappa shape index (κ1) is 19.1. The van der Waals surface area contributed by atoms with Gasteiger partial charge in [-0.15, -0.1) is 10.2 Å². The Labute approximate surface area is 159 Å². The van der Waals surface area contributed by atoms with Gasteiger partial charge in [-0.25, -0.2) is 8.78 Å². The van der Waals surface area contributed by atoms with Crippen LogP contribution in [-0.4, -0.2) is 34.6 Å². The molecule has 0 saturated heterocycles. The van der Waals surface area contributed by atoms with Crippen LogP contribution in [0, 0.1) is 11.6 Å². The molecule has 3 aromatic rings. The zero-order chi connectivity index (χ0) is 19.2. The molecule has 140 valence electrons. The summed E-state index contributed by atoms with van der Waals surface area (Å²) in [6.07, 6.45) is 0.785. The lowest BCUT2D eigenvalue weighted by Gasteiger charge is -2.14. The highest BCUT2D eigenvalue weighted by molar-refractivity contribution is 7.13. The van der Waals surface area contributed by atoms with Crippen molar-refractivity contribution in [1.29, 1.82) is 0 Å². The maximum atomic E-state index is 12.9. The van der Waals surface area contributed by atoms with Crippen LogP contribution in [-0.2, 0) is 13.0 Å². The van der Waals surface area contributed by atoms with Gasteiger partial charge < -0.3 is 5.32 Å². The molecule has 0 aliphatic carbocycles. The SMILES string of the molecule is CN(CCc1ccc(F)cc1)Cc1nnc(C(=O)Nc2ccc(F)cc2)s1. The van der Waals surface area contributed by atoms with Crippen molar-refractivity contribution < 1.29 is 13.6 Å². The molecule has 8 heteroatoms. The van der Waals surface area contributed by atoms with Crippen molar-refractivity contribution in [2.24, 2.45) is 0 Å². The second-order valence-corrected chi connectivity index (χ2v) is 7.14. The highest BCUT2D eigenvalue weighted by Gasteiger charge is 2.14. The second kappa shape index (κ2) is 8.79. The highest BCUT2D eigenvalue weighted by atomic mass is 32.1. The molecule has 0 saturated carbocycles. The minimum absolute atomic E-state index is 0.243. The van der Waals surface area contributed by atoms with Crippen molar-refractivity contribution in [3.8, 4) is 0 Å². The lowest BCUT2D eigenvalue weighted by molar-refractivity contribution is 0.102. The summed E-state index contributed by atoms with van der Waals surface area (Å²) in [6.45, 7) is 1.32. The van der Waals surface area contributed by atoms with Crippen LogP contribution < -0.4 is 5.32 Å². The first-order valence-electron chi connectivity index (χ1n) is 8.32. The quantitative estimate of drug-likeness (QED) is 0.670. The van der Waals surface area contributed by atoms with E-state index in [1.54, 1.807) is 12.1 Å². The van der Waals surface area contributed by atoms with Gasteiger partial charge in [0.15, 0.2) is 0 Å². The van der Waals surface area contributed by atoms with Gasteiger partial charge >= 0.3 is 0 Å². The summed E-state index contributed by atoms with van der Waals surface area (Å²) < 4.78 is 25.8. The highest BCUT2D eigenvalue weighted by Crippen LogP contribution is 2.15. The molecule has 3 rings (SSSR count). The predicted molar refractivity (Wildman–Crippen MR) is 101 cm³/mol. The van der Waals surface area contributed by atoms with Crippen LogP contribution in [0.15, 0.2) is 48.5 Å². The molecule has 0 unspecified atom stereocenters. The molecule has 1 N–H and O–H groups in total. The average Bonchev–Trinajstić information content (AvgIpc) is 3.12. The number of hydrogen-bond donors (Lipinski definition) is 1. The summed E-state index contributed by atoms with van der Waals surface area (Å²) in [5.41, 5.74) is 1.55. The van der Waals surface area contributed by atoms with Crippen molar-refractivity contribution in [1.82, 2.24) is 15.1 Å². The topological polar surface area (TPSA) is 58.1 Å². The third-order valence-electron chi connectivity index (χ3n) is 3.86. The number of hydrogen-bond acceptors (Lipinski definition) is 5. The van der Waals surface area contributed by atoms with Gasteiger partial charge in [0, 0.05) is 12.2 Å². The molecule has 0 aliphatic rings. The fourth-order valence-corrected chi connectivity index (χ4v) is 3.22. The minimum Gasteiger partial charge on any atom is -0.320 e. The number of benzene rings is 2. The van der Waals surface area contributed by atoms with Crippen LogP contribution in [0.2, 0.25) is 0 Å². The normalized spacial score (nSPS) is 11.0. The molecule has 0 aliphatic heterocycles. The maximum Gasteiger partial charge on any atom is 0.286 e. The Morgan fingerprint density at radius 2 is 1.67 bits per heavy atom. The van der Waals surface area contributed by atoms with Gasteiger partial charge in [0.05, 0.1) is 6.54 Å². The van der Waals surface area contributed by atoms with Crippen LogP contribution in [0.25, 0.3) is 0 Å². The lowest BCUT2D eigenvalue weighted by atomic mass is 10.1. The largest absolute Gasteiger partial charge is 0.320 e. The smallest absolute Gasteiger partial charge is 0.286 e. The van der Waals surface area contributed by atoms with Gasteiger partial charge in [-0.1, -0.05) is 23.5 Å². The molecular weight excluding hydrogens is 370 g/mol. The molecule has 2 aromatic carbocycles. The number of rotatable bonds is 7. The van der Waals surface area contributed by atoms with Gasteiger partial charge in [0.2, 0.25) is 5.01 Å². The molecular formula is C19H18F2N4OS. The standard InChI is InChI=1S/C19H18F2N4OS/c1-25(11-10-13-2-4-14(20)5-3-13)12-17-23-24-19(27-17)18(26)22-16-8-6-15(21)7-9-16/h2-9H,10-12H2,1H3,(H,22,26). The Kier molecular flexibility index (Phi) is 6.20. The number of amides is 1. The Morgan fingerprint density at radius 1 is 1.04 bits per heavy atom. The summed E-state index contributed by atoms with van der Waals surface area (Å²) >= 11 is 1.22. The van der Waals surface area contributed by atoms with E-state index in [2.05, 4.69) is 20.4 Å². The Bertz CT molecular complexity index is 897. The molecule has 1 amide bonds. The van der Waals surface area contributed by atoms with E-state index in [0.29, 0.717) is 12.2 Å². The van der Waals surface area contributed by atoms with Crippen molar-refractivity contribution in [2.75, 3.05) is 18.9 Å². The molecule has 0 fully saturated rings. The van der Waals surface area contributed by atoms with Crippen molar-refractivity contribution in [3.63, 3.8) is 0 Å². The monoisotopic (exact) mass is 388 g/mol. The summed E-state index contributed by atoms with van der Waals surface area (Å²) in [5.74, 6) is -0.985. The third kappa shape index (κ3) is 5.63.